The van der Waals surface area contributed by atoms with Crippen LogP contribution in [0.5, 0.6) is 0 Å². The van der Waals surface area contributed by atoms with E-state index in [0.29, 0.717) is 0 Å². The Morgan fingerprint density at radius 3 is 2.89 bits per heavy atom. The Labute approximate surface area is 135 Å². The molecule has 0 aromatic rings. The summed E-state index contributed by atoms with van der Waals surface area (Å²) in [5, 5.41) is 6.46. The molecule has 1 unspecified atom stereocenters. The van der Waals surface area contributed by atoms with Crippen LogP contribution in [0, 0.1) is 5.92 Å². The zero-order valence-electron chi connectivity index (χ0n) is 12.3. The van der Waals surface area contributed by atoms with Crippen molar-refractivity contribution in [3.05, 3.63) is 12.7 Å². The summed E-state index contributed by atoms with van der Waals surface area (Å²) in [7, 11) is 0. The summed E-state index contributed by atoms with van der Waals surface area (Å²) in [6.45, 7) is 14.2. The molecule has 0 saturated carbocycles. The van der Waals surface area contributed by atoms with E-state index in [0.717, 1.165) is 38.1 Å². The van der Waals surface area contributed by atoms with E-state index in [2.05, 4.69) is 41.0 Å². The van der Waals surface area contributed by atoms with Crippen LogP contribution in [0.1, 0.15) is 26.7 Å². The van der Waals surface area contributed by atoms with Crippen molar-refractivity contribution in [1.82, 2.24) is 15.5 Å². The van der Waals surface area contributed by atoms with Gasteiger partial charge in [-0.15, -0.1) is 30.6 Å². The Morgan fingerprint density at radius 1 is 1.47 bits per heavy atom. The summed E-state index contributed by atoms with van der Waals surface area (Å²) in [5.41, 5.74) is 0. The first kappa shape index (κ1) is 18.7. The molecule has 0 aromatic carbocycles. The number of piperidine rings is 1. The first-order valence-corrected chi connectivity index (χ1v) is 7.11. The minimum atomic E-state index is 0. The molecule has 4 nitrogen and oxygen atoms in total. The maximum Gasteiger partial charge on any atom is 0.191 e. The lowest BCUT2D eigenvalue weighted by atomic mass is 10.0. The normalized spacial score (nSPS) is 20.5. The van der Waals surface area contributed by atoms with E-state index in [9.17, 15) is 0 Å². The van der Waals surface area contributed by atoms with Crippen molar-refractivity contribution in [1.29, 1.82) is 0 Å². The van der Waals surface area contributed by atoms with E-state index in [1.807, 2.05) is 6.08 Å². The van der Waals surface area contributed by atoms with Crippen molar-refractivity contribution in [2.75, 3.05) is 39.3 Å². The summed E-state index contributed by atoms with van der Waals surface area (Å²) in [5.74, 6) is 1.73. The lowest BCUT2D eigenvalue weighted by Crippen LogP contribution is -2.39. The van der Waals surface area contributed by atoms with E-state index in [1.165, 1.54) is 25.9 Å². The highest BCUT2D eigenvalue weighted by Crippen LogP contribution is 2.14. The van der Waals surface area contributed by atoms with Gasteiger partial charge in [0, 0.05) is 26.2 Å². The zero-order chi connectivity index (χ0) is 13.2. The number of halogens is 1. The molecule has 112 valence electrons. The molecule has 1 saturated heterocycles. The summed E-state index contributed by atoms with van der Waals surface area (Å²) in [6, 6.07) is 0. The third-order valence-corrected chi connectivity index (χ3v) is 3.19. The van der Waals surface area contributed by atoms with Gasteiger partial charge in [-0.3, -0.25) is 4.99 Å². The van der Waals surface area contributed by atoms with Gasteiger partial charge in [0.2, 0.25) is 0 Å². The van der Waals surface area contributed by atoms with Gasteiger partial charge in [0.1, 0.15) is 0 Å². The second kappa shape index (κ2) is 11.5. The van der Waals surface area contributed by atoms with Crippen LogP contribution in [0.3, 0.4) is 0 Å². The van der Waals surface area contributed by atoms with Crippen molar-refractivity contribution in [3.63, 3.8) is 0 Å². The number of guanidine groups is 1. The molecule has 2 N–H and O–H groups in total. The van der Waals surface area contributed by atoms with Crippen LogP contribution in [-0.4, -0.2) is 50.1 Å². The van der Waals surface area contributed by atoms with Crippen molar-refractivity contribution in [3.8, 4) is 0 Å². The summed E-state index contributed by atoms with van der Waals surface area (Å²) < 4.78 is 0. The summed E-state index contributed by atoms with van der Waals surface area (Å²) in [6.07, 6.45) is 4.56. The largest absolute Gasteiger partial charge is 0.357 e. The zero-order valence-corrected chi connectivity index (χ0v) is 14.7. The van der Waals surface area contributed by atoms with Crippen LogP contribution in [-0.2, 0) is 0 Å². The van der Waals surface area contributed by atoms with Gasteiger partial charge in [0.15, 0.2) is 5.96 Å². The third kappa shape index (κ3) is 8.47. The highest BCUT2D eigenvalue weighted by atomic mass is 127. The molecule has 1 fully saturated rings. The van der Waals surface area contributed by atoms with Gasteiger partial charge in [0.05, 0.1) is 6.54 Å². The molecule has 1 aliphatic rings. The third-order valence-electron chi connectivity index (χ3n) is 3.19. The first-order valence-electron chi connectivity index (χ1n) is 7.11. The molecule has 19 heavy (non-hydrogen) atoms. The average molecular weight is 380 g/mol. The topological polar surface area (TPSA) is 39.7 Å². The highest BCUT2D eigenvalue weighted by Gasteiger charge is 2.15. The van der Waals surface area contributed by atoms with Crippen LogP contribution >= 0.6 is 24.0 Å². The smallest absolute Gasteiger partial charge is 0.191 e. The maximum atomic E-state index is 4.58. The predicted octanol–water partition coefficient (Wildman–Crippen LogP) is 2.08. The molecule has 0 aromatic heterocycles. The Hall–Kier alpha value is -0.300. The van der Waals surface area contributed by atoms with Crippen LogP contribution in [0.4, 0.5) is 0 Å². The molecule has 1 rings (SSSR count). The average Bonchev–Trinajstić information content (AvgIpc) is 2.36. The fourth-order valence-electron chi connectivity index (χ4n) is 2.30. The first-order chi connectivity index (χ1) is 8.76. The van der Waals surface area contributed by atoms with Gasteiger partial charge in [-0.2, -0.15) is 0 Å². The van der Waals surface area contributed by atoms with E-state index in [-0.39, 0.29) is 24.0 Å². The Balaban J connectivity index is 0.00000324. The van der Waals surface area contributed by atoms with Crippen LogP contribution in [0.15, 0.2) is 17.6 Å². The molecular formula is C14H29IN4. The molecule has 0 radical (unpaired) electrons. The van der Waals surface area contributed by atoms with Crippen LogP contribution < -0.4 is 10.6 Å². The van der Waals surface area contributed by atoms with Gasteiger partial charge < -0.3 is 15.5 Å². The molecule has 1 heterocycles. The molecule has 5 heteroatoms. The van der Waals surface area contributed by atoms with Gasteiger partial charge in [0.25, 0.3) is 0 Å². The van der Waals surface area contributed by atoms with Gasteiger partial charge in [-0.05, 0) is 32.2 Å². The number of aliphatic imine (C=N–C) groups is 1. The van der Waals surface area contributed by atoms with Crippen molar-refractivity contribution in [2.45, 2.75) is 26.7 Å². The van der Waals surface area contributed by atoms with Gasteiger partial charge in [-0.1, -0.05) is 13.0 Å². The number of hydrogen-bond acceptors (Lipinski definition) is 2. The number of likely N-dealkylation sites (tertiary alicyclic amines) is 1. The monoisotopic (exact) mass is 380 g/mol. The molecule has 0 amide bonds. The Kier molecular flexibility index (Phi) is 11.3. The second-order valence-electron chi connectivity index (χ2n) is 4.98. The lowest BCUT2D eigenvalue weighted by Gasteiger charge is -2.30. The minimum Gasteiger partial charge on any atom is -0.357 e. The van der Waals surface area contributed by atoms with Crippen LogP contribution in [0.2, 0.25) is 0 Å². The van der Waals surface area contributed by atoms with E-state index in [1.54, 1.807) is 0 Å². The maximum absolute atomic E-state index is 4.58. The number of hydrogen-bond donors (Lipinski definition) is 2. The summed E-state index contributed by atoms with van der Waals surface area (Å²) >= 11 is 0. The molecule has 0 aliphatic carbocycles. The van der Waals surface area contributed by atoms with E-state index in [4.69, 9.17) is 0 Å². The number of rotatable bonds is 6. The standard InChI is InChI=1S/C14H28N4.HI/c1-4-8-16-14(15-5-2)17-9-11-18-10-6-7-13(3)12-18;/h4,13H,1,5-12H2,2-3H3,(H2,15,16,17);1H. The van der Waals surface area contributed by atoms with Crippen molar-refractivity contribution in [2.24, 2.45) is 10.9 Å². The van der Waals surface area contributed by atoms with Crippen LogP contribution in [0.25, 0.3) is 0 Å². The SMILES string of the molecule is C=CCNC(=NCCN1CCCC(C)C1)NCC.I. The van der Waals surface area contributed by atoms with E-state index < -0.39 is 0 Å². The Bertz CT molecular complexity index is 268. The van der Waals surface area contributed by atoms with E-state index >= 15 is 0 Å². The Morgan fingerprint density at radius 2 is 2.26 bits per heavy atom. The molecular weight excluding hydrogens is 351 g/mol. The molecule has 0 spiro atoms. The molecule has 1 atom stereocenters. The quantitative estimate of drug-likeness (QED) is 0.321. The van der Waals surface area contributed by atoms with Gasteiger partial charge in [-0.25, -0.2) is 0 Å². The van der Waals surface area contributed by atoms with Crippen molar-refractivity contribution >= 4 is 29.9 Å². The number of nitrogens with zero attached hydrogens (tertiary/aromatic N) is 2. The second-order valence-corrected chi connectivity index (χ2v) is 4.98. The highest BCUT2D eigenvalue weighted by molar-refractivity contribution is 14.0. The van der Waals surface area contributed by atoms with Gasteiger partial charge >= 0.3 is 0 Å². The molecule has 1 aliphatic heterocycles. The number of nitrogens with one attached hydrogen (secondary N) is 2. The fraction of sp³-hybridized carbons (Fsp3) is 0.786. The summed E-state index contributed by atoms with van der Waals surface area (Å²) in [4.78, 5) is 7.10. The predicted molar refractivity (Wildman–Crippen MR) is 94.4 cm³/mol. The fourth-order valence-corrected chi connectivity index (χ4v) is 2.30. The minimum absolute atomic E-state index is 0. The lowest BCUT2D eigenvalue weighted by molar-refractivity contribution is 0.189. The molecule has 0 bridgehead atoms. The van der Waals surface area contributed by atoms with Crippen molar-refractivity contribution < 1.29 is 0 Å².